The Hall–Kier alpha value is -1.57. The molecule has 1 rings (SSSR count). The SMILES string of the molecule is C=C(C(N)=O)c1ccccc1CCCC. The molecule has 2 heteroatoms. The number of aryl methyl sites for hydroxylation is 1. The normalized spacial score (nSPS) is 9.93. The van der Waals surface area contributed by atoms with E-state index in [1.165, 1.54) is 0 Å². The van der Waals surface area contributed by atoms with E-state index in [1.54, 1.807) is 0 Å². The molecule has 0 heterocycles. The fraction of sp³-hybridized carbons (Fsp3) is 0.308. The van der Waals surface area contributed by atoms with Crippen LogP contribution >= 0.6 is 0 Å². The molecule has 1 aromatic carbocycles. The van der Waals surface area contributed by atoms with Crippen LogP contribution in [0.15, 0.2) is 30.8 Å². The summed E-state index contributed by atoms with van der Waals surface area (Å²) in [5, 5.41) is 0. The summed E-state index contributed by atoms with van der Waals surface area (Å²) in [6, 6.07) is 7.80. The number of benzene rings is 1. The van der Waals surface area contributed by atoms with Gasteiger partial charge in [0.1, 0.15) is 0 Å². The maximum Gasteiger partial charge on any atom is 0.248 e. The summed E-state index contributed by atoms with van der Waals surface area (Å²) < 4.78 is 0. The molecule has 0 aromatic heterocycles. The minimum Gasteiger partial charge on any atom is -0.366 e. The molecule has 0 atom stereocenters. The molecule has 2 N–H and O–H groups in total. The van der Waals surface area contributed by atoms with Crippen LogP contribution in [0.3, 0.4) is 0 Å². The third-order valence-electron chi connectivity index (χ3n) is 2.44. The highest BCUT2D eigenvalue weighted by Crippen LogP contribution is 2.19. The van der Waals surface area contributed by atoms with E-state index in [0.29, 0.717) is 5.57 Å². The van der Waals surface area contributed by atoms with Gasteiger partial charge in [-0.25, -0.2) is 0 Å². The zero-order valence-corrected chi connectivity index (χ0v) is 9.12. The molecule has 0 unspecified atom stereocenters. The molecule has 0 aliphatic heterocycles. The van der Waals surface area contributed by atoms with Crippen LogP contribution in [0.5, 0.6) is 0 Å². The minimum absolute atomic E-state index is 0.404. The number of unbranched alkanes of at least 4 members (excludes halogenated alkanes) is 1. The Morgan fingerprint density at radius 1 is 1.40 bits per heavy atom. The van der Waals surface area contributed by atoms with Gasteiger partial charge in [0.25, 0.3) is 0 Å². The third kappa shape index (κ3) is 2.94. The van der Waals surface area contributed by atoms with Crippen molar-refractivity contribution < 1.29 is 4.79 Å². The van der Waals surface area contributed by atoms with E-state index in [2.05, 4.69) is 13.5 Å². The monoisotopic (exact) mass is 203 g/mol. The lowest BCUT2D eigenvalue weighted by molar-refractivity contribution is -0.112. The molecule has 0 fully saturated rings. The number of amides is 1. The molecular formula is C13H17NO. The molecular weight excluding hydrogens is 186 g/mol. The number of nitrogens with two attached hydrogens (primary N) is 1. The second-order valence-electron chi connectivity index (χ2n) is 3.60. The molecule has 0 spiro atoms. The summed E-state index contributed by atoms with van der Waals surface area (Å²) in [5.41, 5.74) is 7.67. The lowest BCUT2D eigenvalue weighted by atomic mass is 9.97. The maximum absolute atomic E-state index is 11.0. The van der Waals surface area contributed by atoms with Gasteiger partial charge in [0, 0.05) is 5.57 Å². The average Bonchev–Trinajstić information content (AvgIpc) is 2.25. The van der Waals surface area contributed by atoms with Gasteiger partial charge in [-0.2, -0.15) is 0 Å². The number of rotatable bonds is 5. The first-order valence-electron chi connectivity index (χ1n) is 5.23. The van der Waals surface area contributed by atoms with Gasteiger partial charge < -0.3 is 5.73 Å². The summed E-state index contributed by atoms with van der Waals surface area (Å²) in [6.07, 6.45) is 3.22. The summed E-state index contributed by atoms with van der Waals surface area (Å²) >= 11 is 0. The fourth-order valence-electron chi connectivity index (χ4n) is 1.53. The van der Waals surface area contributed by atoms with Crippen LogP contribution < -0.4 is 5.73 Å². The van der Waals surface area contributed by atoms with E-state index in [9.17, 15) is 4.79 Å². The zero-order chi connectivity index (χ0) is 11.3. The number of hydrogen-bond acceptors (Lipinski definition) is 1. The van der Waals surface area contributed by atoms with E-state index in [-0.39, 0.29) is 0 Å². The van der Waals surface area contributed by atoms with Gasteiger partial charge in [0.2, 0.25) is 5.91 Å². The van der Waals surface area contributed by atoms with Crippen molar-refractivity contribution in [2.75, 3.05) is 0 Å². The third-order valence-corrected chi connectivity index (χ3v) is 2.44. The second kappa shape index (κ2) is 5.35. The van der Waals surface area contributed by atoms with E-state index in [4.69, 9.17) is 5.73 Å². The van der Waals surface area contributed by atoms with Crippen molar-refractivity contribution in [1.82, 2.24) is 0 Å². The summed E-state index contributed by atoms with van der Waals surface area (Å²) in [4.78, 5) is 11.0. The smallest absolute Gasteiger partial charge is 0.248 e. The Kier molecular flexibility index (Phi) is 4.10. The topological polar surface area (TPSA) is 43.1 Å². The summed E-state index contributed by atoms with van der Waals surface area (Å²) in [7, 11) is 0. The highest BCUT2D eigenvalue weighted by Gasteiger charge is 2.08. The standard InChI is InChI=1S/C13H17NO/c1-3-4-7-11-8-5-6-9-12(11)10(2)13(14)15/h5-6,8-9H,2-4,7H2,1H3,(H2,14,15). The molecule has 0 aliphatic carbocycles. The second-order valence-corrected chi connectivity index (χ2v) is 3.60. The molecule has 0 bridgehead atoms. The first kappa shape index (κ1) is 11.5. The van der Waals surface area contributed by atoms with Crippen LogP contribution in [0.1, 0.15) is 30.9 Å². The van der Waals surface area contributed by atoms with Crippen molar-refractivity contribution in [3.8, 4) is 0 Å². The van der Waals surface area contributed by atoms with Gasteiger partial charge in [-0.05, 0) is 24.0 Å². The summed E-state index contributed by atoms with van der Waals surface area (Å²) in [5.74, 6) is -0.445. The van der Waals surface area contributed by atoms with Crippen LogP contribution in [0.4, 0.5) is 0 Å². The van der Waals surface area contributed by atoms with E-state index in [1.807, 2.05) is 24.3 Å². The predicted octanol–water partition coefficient (Wildman–Crippen LogP) is 2.53. The molecule has 80 valence electrons. The lowest BCUT2D eigenvalue weighted by Crippen LogP contribution is -2.13. The van der Waals surface area contributed by atoms with E-state index >= 15 is 0 Å². The Morgan fingerprint density at radius 3 is 2.67 bits per heavy atom. The highest BCUT2D eigenvalue weighted by atomic mass is 16.1. The van der Waals surface area contributed by atoms with Gasteiger partial charge in [0.05, 0.1) is 0 Å². The maximum atomic E-state index is 11.0. The zero-order valence-electron chi connectivity index (χ0n) is 9.12. The predicted molar refractivity (Wildman–Crippen MR) is 63.3 cm³/mol. The first-order chi connectivity index (χ1) is 7.16. The van der Waals surface area contributed by atoms with Gasteiger partial charge in [-0.15, -0.1) is 0 Å². The fourth-order valence-corrected chi connectivity index (χ4v) is 1.53. The molecule has 15 heavy (non-hydrogen) atoms. The number of carbonyl (C=O) groups is 1. The van der Waals surface area contributed by atoms with Gasteiger partial charge in [0.15, 0.2) is 0 Å². The summed E-state index contributed by atoms with van der Waals surface area (Å²) in [6.45, 7) is 5.86. The molecule has 0 saturated heterocycles. The van der Waals surface area contributed by atoms with E-state index < -0.39 is 5.91 Å². The van der Waals surface area contributed by atoms with Crippen molar-refractivity contribution in [1.29, 1.82) is 0 Å². The van der Waals surface area contributed by atoms with Gasteiger partial charge in [-0.3, -0.25) is 4.79 Å². The van der Waals surface area contributed by atoms with Crippen LogP contribution in [0.2, 0.25) is 0 Å². The van der Waals surface area contributed by atoms with Gasteiger partial charge in [-0.1, -0.05) is 44.2 Å². The van der Waals surface area contributed by atoms with Gasteiger partial charge >= 0.3 is 0 Å². The van der Waals surface area contributed by atoms with Crippen molar-refractivity contribution in [3.63, 3.8) is 0 Å². The van der Waals surface area contributed by atoms with E-state index in [0.717, 1.165) is 30.4 Å². The number of carbonyl (C=O) groups excluding carboxylic acids is 1. The first-order valence-corrected chi connectivity index (χ1v) is 5.23. The molecule has 1 amide bonds. The van der Waals surface area contributed by atoms with Crippen molar-refractivity contribution in [3.05, 3.63) is 42.0 Å². The Bertz CT molecular complexity index is 369. The minimum atomic E-state index is -0.445. The lowest BCUT2D eigenvalue weighted by Gasteiger charge is -2.08. The van der Waals surface area contributed by atoms with Crippen LogP contribution in [0, 0.1) is 0 Å². The van der Waals surface area contributed by atoms with Crippen molar-refractivity contribution in [2.45, 2.75) is 26.2 Å². The molecule has 1 aromatic rings. The molecule has 0 saturated carbocycles. The average molecular weight is 203 g/mol. The van der Waals surface area contributed by atoms with Crippen LogP contribution in [-0.4, -0.2) is 5.91 Å². The molecule has 0 radical (unpaired) electrons. The Labute approximate surface area is 90.8 Å². The van der Waals surface area contributed by atoms with Crippen molar-refractivity contribution in [2.24, 2.45) is 5.73 Å². The van der Waals surface area contributed by atoms with Crippen LogP contribution in [0.25, 0.3) is 5.57 Å². The molecule has 0 aliphatic rings. The number of primary amides is 1. The highest BCUT2D eigenvalue weighted by molar-refractivity contribution is 6.18. The quantitative estimate of drug-likeness (QED) is 0.734. The largest absolute Gasteiger partial charge is 0.366 e. The Morgan fingerprint density at radius 2 is 2.07 bits per heavy atom. The Balaban J connectivity index is 2.95. The number of hydrogen-bond donors (Lipinski definition) is 1. The van der Waals surface area contributed by atoms with Crippen LogP contribution in [-0.2, 0) is 11.2 Å². The van der Waals surface area contributed by atoms with Crippen molar-refractivity contribution >= 4 is 11.5 Å². The molecule has 2 nitrogen and oxygen atoms in total.